The Bertz CT molecular complexity index is 935. The highest BCUT2D eigenvalue weighted by molar-refractivity contribution is 6.39. The van der Waals surface area contributed by atoms with Gasteiger partial charge in [-0.3, -0.25) is 14.9 Å². The molecule has 7 heteroatoms. The van der Waals surface area contributed by atoms with Gasteiger partial charge < -0.3 is 4.74 Å². The highest BCUT2D eigenvalue weighted by atomic mass is 35.5. The summed E-state index contributed by atoms with van der Waals surface area (Å²) in [6, 6.07) is 10.6. The molecule has 0 aromatic heterocycles. The average molecular weight is 371 g/mol. The Hall–Kier alpha value is -3.12. The van der Waals surface area contributed by atoms with Crippen molar-refractivity contribution in [3.05, 3.63) is 64.2 Å². The number of rotatable bonds is 3. The summed E-state index contributed by atoms with van der Waals surface area (Å²) in [6.07, 6.45) is 1.46. The lowest BCUT2D eigenvalue weighted by Crippen LogP contribution is -2.54. The smallest absolute Gasteiger partial charge is 0.335 e. The summed E-state index contributed by atoms with van der Waals surface area (Å²) in [5.41, 5.74) is 1.69. The Morgan fingerprint density at radius 3 is 2.38 bits per heavy atom. The lowest BCUT2D eigenvalue weighted by molar-refractivity contribution is -0.122. The van der Waals surface area contributed by atoms with Crippen LogP contribution in [-0.2, 0) is 9.59 Å². The first-order chi connectivity index (χ1) is 12.4. The average Bonchev–Trinajstić information content (AvgIpc) is 2.61. The monoisotopic (exact) mass is 370 g/mol. The number of hydrogen-bond donors (Lipinski definition) is 1. The number of carbonyl (C=O) groups excluding carboxylic acids is 3. The maximum atomic E-state index is 12.8. The molecular weight excluding hydrogens is 356 g/mol. The van der Waals surface area contributed by atoms with Crippen LogP contribution in [0, 0.1) is 6.92 Å². The standard InChI is InChI=1S/C19H15ClN2O4/c1-11-9-15(26-2)8-3-12(11)10-16-17(23)21-19(25)22(18(16)24)14-6-4-13(20)5-7-14/h3-10H,1-2H3,(H,21,23,25). The van der Waals surface area contributed by atoms with Gasteiger partial charge in [-0.15, -0.1) is 0 Å². The van der Waals surface area contributed by atoms with Gasteiger partial charge in [-0.2, -0.15) is 0 Å². The van der Waals surface area contributed by atoms with Crippen LogP contribution in [0.15, 0.2) is 48.0 Å². The Labute approximate surface area is 155 Å². The van der Waals surface area contributed by atoms with E-state index in [1.165, 1.54) is 18.2 Å². The third-order valence-corrected chi connectivity index (χ3v) is 4.22. The predicted molar refractivity (Wildman–Crippen MR) is 98.2 cm³/mol. The molecule has 132 valence electrons. The fourth-order valence-electron chi connectivity index (χ4n) is 2.57. The van der Waals surface area contributed by atoms with Crippen molar-refractivity contribution < 1.29 is 19.1 Å². The van der Waals surface area contributed by atoms with E-state index in [-0.39, 0.29) is 5.57 Å². The molecule has 1 aliphatic rings. The topological polar surface area (TPSA) is 75.7 Å². The summed E-state index contributed by atoms with van der Waals surface area (Å²) >= 11 is 5.84. The normalized spacial score (nSPS) is 16.0. The number of nitrogens with zero attached hydrogens (tertiary/aromatic N) is 1. The molecule has 0 bridgehead atoms. The van der Waals surface area contributed by atoms with Crippen molar-refractivity contribution in [1.29, 1.82) is 0 Å². The van der Waals surface area contributed by atoms with Gasteiger partial charge in [0, 0.05) is 5.02 Å². The van der Waals surface area contributed by atoms with Crippen molar-refractivity contribution in [2.75, 3.05) is 12.0 Å². The number of methoxy groups -OCH3 is 1. The lowest BCUT2D eigenvalue weighted by Gasteiger charge is -2.26. The highest BCUT2D eigenvalue weighted by Crippen LogP contribution is 2.25. The predicted octanol–water partition coefficient (Wildman–Crippen LogP) is 3.32. The van der Waals surface area contributed by atoms with Gasteiger partial charge in [0.2, 0.25) is 0 Å². The minimum absolute atomic E-state index is 0.132. The van der Waals surface area contributed by atoms with E-state index in [0.29, 0.717) is 22.0 Å². The van der Waals surface area contributed by atoms with Gasteiger partial charge in [-0.1, -0.05) is 17.7 Å². The number of aryl methyl sites for hydroxylation is 1. The Morgan fingerprint density at radius 1 is 1.08 bits per heavy atom. The zero-order chi connectivity index (χ0) is 18.8. The summed E-state index contributed by atoms with van der Waals surface area (Å²) in [7, 11) is 1.56. The molecule has 3 rings (SSSR count). The molecule has 2 aromatic carbocycles. The van der Waals surface area contributed by atoms with Crippen LogP contribution >= 0.6 is 11.6 Å². The molecule has 1 N–H and O–H groups in total. The molecule has 2 aromatic rings. The van der Waals surface area contributed by atoms with Crippen molar-refractivity contribution >= 4 is 41.2 Å². The Kier molecular flexibility index (Phi) is 4.77. The second kappa shape index (κ2) is 7.01. The quantitative estimate of drug-likeness (QED) is 0.664. The summed E-state index contributed by atoms with van der Waals surface area (Å²) in [5, 5.41) is 2.66. The number of amides is 4. The van der Waals surface area contributed by atoms with Crippen LogP contribution in [0.1, 0.15) is 11.1 Å². The van der Waals surface area contributed by atoms with E-state index in [9.17, 15) is 14.4 Å². The number of benzene rings is 2. The van der Waals surface area contributed by atoms with Crippen LogP contribution in [0.3, 0.4) is 0 Å². The molecule has 1 saturated heterocycles. The molecule has 0 unspecified atom stereocenters. The van der Waals surface area contributed by atoms with Crippen molar-refractivity contribution in [3.63, 3.8) is 0 Å². The molecular formula is C19H15ClN2O4. The van der Waals surface area contributed by atoms with Crippen molar-refractivity contribution in [3.8, 4) is 5.75 Å². The molecule has 6 nitrogen and oxygen atoms in total. The largest absolute Gasteiger partial charge is 0.497 e. The first-order valence-corrected chi connectivity index (χ1v) is 8.10. The molecule has 1 fully saturated rings. The number of urea groups is 1. The second-order valence-electron chi connectivity index (χ2n) is 5.66. The lowest BCUT2D eigenvalue weighted by atomic mass is 10.0. The summed E-state index contributed by atoms with van der Waals surface area (Å²) in [6.45, 7) is 1.84. The first-order valence-electron chi connectivity index (χ1n) is 7.72. The molecule has 4 amide bonds. The van der Waals surface area contributed by atoms with E-state index >= 15 is 0 Å². The highest BCUT2D eigenvalue weighted by Gasteiger charge is 2.36. The molecule has 0 radical (unpaired) electrons. The summed E-state index contributed by atoms with van der Waals surface area (Å²) < 4.78 is 5.15. The van der Waals surface area contributed by atoms with E-state index in [1.807, 2.05) is 6.92 Å². The maximum absolute atomic E-state index is 12.8. The minimum Gasteiger partial charge on any atom is -0.497 e. The minimum atomic E-state index is -0.800. The van der Waals surface area contributed by atoms with E-state index in [2.05, 4.69) is 5.32 Å². The number of barbiturate groups is 1. The van der Waals surface area contributed by atoms with Gasteiger partial charge in [0.15, 0.2) is 0 Å². The first kappa shape index (κ1) is 17.7. The van der Waals surface area contributed by atoms with Gasteiger partial charge in [-0.05, 0) is 60.5 Å². The molecule has 1 heterocycles. The molecule has 26 heavy (non-hydrogen) atoms. The Morgan fingerprint density at radius 2 is 1.77 bits per heavy atom. The Balaban J connectivity index is 2.01. The van der Waals surface area contributed by atoms with Gasteiger partial charge in [0.25, 0.3) is 11.8 Å². The van der Waals surface area contributed by atoms with Crippen LogP contribution in [0.25, 0.3) is 6.08 Å². The number of anilines is 1. The van der Waals surface area contributed by atoms with Crippen molar-refractivity contribution in [1.82, 2.24) is 5.32 Å². The molecule has 0 atom stereocenters. The maximum Gasteiger partial charge on any atom is 0.335 e. The van der Waals surface area contributed by atoms with Crippen LogP contribution < -0.4 is 15.0 Å². The zero-order valence-electron chi connectivity index (χ0n) is 14.1. The van der Waals surface area contributed by atoms with Gasteiger partial charge in [-0.25, -0.2) is 9.69 Å². The van der Waals surface area contributed by atoms with E-state index < -0.39 is 17.8 Å². The van der Waals surface area contributed by atoms with Crippen LogP contribution in [0.4, 0.5) is 10.5 Å². The molecule has 1 aliphatic heterocycles. The van der Waals surface area contributed by atoms with Crippen LogP contribution in [0.2, 0.25) is 5.02 Å². The number of carbonyl (C=O) groups is 3. The summed E-state index contributed by atoms with van der Waals surface area (Å²) in [4.78, 5) is 38.0. The van der Waals surface area contributed by atoms with E-state index in [0.717, 1.165) is 10.5 Å². The number of nitrogens with one attached hydrogen (secondary N) is 1. The van der Waals surface area contributed by atoms with E-state index in [1.54, 1.807) is 37.4 Å². The van der Waals surface area contributed by atoms with E-state index in [4.69, 9.17) is 16.3 Å². The van der Waals surface area contributed by atoms with Gasteiger partial charge in [0.05, 0.1) is 12.8 Å². The number of halogens is 1. The van der Waals surface area contributed by atoms with Crippen LogP contribution in [0.5, 0.6) is 5.75 Å². The zero-order valence-corrected chi connectivity index (χ0v) is 14.8. The second-order valence-corrected chi connectivity index (χ2v) is 6.09. The van der Waals surface area contributed by atoms with Gasteiger partial charge in [0.1, 0.15) is 11.3 Å². The number of hydrogen-bond acceptors (Lipinski definition) is 4. The number of imide groups is 2. The molecule has 0 saturated carbocycles. The van der Waals surface area contributed by atoms with Crippen molar-refractivity contribution in [2.24, 2.45) is 0 Å². The third kappa shape index (κ3) is 3.32. The fraction of sp³-hybridized carbons (Fsp3) is 0.105. The SMILES string of the molecule is COc1ccc(C=C2C(=O)NC(=O)N(c3ccc(Cl)cc3)C2=O)c(C)c1. The third-order valence-electron chi connectivity index (χ3n) is 3.96. The molecule has 0 spiro atoms. The number of ether oxygens (including phenoxy) is 1. The van der Waals surface area contributed by atoms with Gasteiger partial charge >= 0.3 is 6.03 Å². The molecule has 0 aliphatic carbocycles. The summed E-state index contributed by atoms with van der Waals surface area (Å²) in [5.74, 6) is -0.765. The van der Waals surface area contributed by atoms with Crippen molar-refractivity contribution in [2.45, 2.75) is 6.92 Å². The fourth-order valence-corrected chi connectivity index (χ4v) is 2.70. The van der Waals surface area contributed by atoms with Crippen LogP contribution in [-0.4, -0.2) is 25.0 Å².